The van der Waals surface area contributed by atoms with Crippen LogP contribution in [0.4, 0.5) is 10.1 Å². The maximum absolute atomic E-state index is 13.8. The van der Waals surface area contributed by atoms with E-state index >= 15 is 0 Å². The van der Waals surface area contributed by atoms with Gasteiger partial charge in [0.1, 0.15) is 5.82 Å². The van der Waals surface area contributed by atoms with Crippen LogP contribution >= 0.6 is 0 Å². The van der Waals surface area contributed by atoms with E-state index in [0.717, 1.165) is 19.3 Å². The second kappa shape index (κ2) is 4.28. The first-order valence-corrected chi connectivity index (χ1v) is 6.76. The molecule has 3 atom stereocenters. The topological polar surface area (TPSA) is 74.2 Å². The molecule has 0 saturated carbocycles. The fourth-order valence-electron chi connectivity index (χ4n) is 3.16. The zero-order valence-corrected chi connectivity index (χ0v) is 10.8. The van der Waals surface area contributed by atoms with Crippen molar-refractivity contribution in [2.24, 2.45) is 0 Å². The lowest BCUT2D eigenvalue weighted by molar-refractivity contribution is 0.0996. The third-order valence-corrected chi connectivity index (χ3v) is 4.14. The van der Waals surface area contributed by atoms with Crippen molar-refractivity contribution in [2.75, 3.05) is 5.73 Å². The third-order valence-electron chi connectivity index (χ3n) is 4.14. The number of nitrogens with two attached hydrogens (primary N) is 1. The van der Waals surface area contributed by atoms with Crippen LogP contribution in [-0.2, 0) is 4.74 Å². The zero-order chi connectivity index (χ0) is 13.7. The van der Waals surface area contributed by atoms with E-state index in [-0.39, 0.29) is 23.5 Å². The summed E-state index contributed by atoms with van der Waals surface area (Å²) < 4.78 is 24.8. The number of hydrogen-bond acceptors (Lipinski definition) is 5. The van der Waals surface area contributed by atoms with E-state index in [2.05, 4.69) is 10.1 Å². The van der Waals surface area contributed by atoms with Crippen LogP contribution in [0.2, 0.25) is 0 Å². The fraction of sp³-hybridized carbons (Fsp3) is 0.429. The quantitative estimate of drug-likeness (QED) is 0.852. The molecule has 1 aromatic carbocycles. The maximum atomic E-state index is 13.8. The van der Waals surface area contributed by atoms with Gasteiger partial charge >= 0.3 is 0 Å². The first-order valence-electron chi connectivity index (χ1n) is 6.76. The standard InChI is InChI=1S/C14H14FN3O2/c15-9-2-1-3-10(16)12(9)14-17-13(18-20-14)8-6-7-4-5-11(8)19-7/h1-3,7-8,11H,4-6,16H2. The number of anilines is 1. The molecular weight excluding hydrogens is 261 g/mol. The Hall–Kier alpha value is -1.95. The summed E-state index contributed by atoms with van der Waals surface area (Å²) in [5.41, 5.74) is 6.26. The molecule has 6 heteroatoms. The van der Waals surface area contributed by atoms with Crippen molar-refractivity contribution in [1.82, 2.24) is 10.1 Å². The third kappa shape index (κ3) is 1.71. The van der Waals surface area contributed by atoms with Gasteiger partial charge < -0.3 is 15.0 Å². The van der Waals surface area contributed by atoms with E-state index < -0.39 is 5.82 Å². The molecule has 20 heavy (non-hydrogen) atoms. The second-order valence-electron chi connectivity index (χ2n) is 5.38. The number of benzene rings is 1. The molecule has 1 aromatic heterocycles. The van der Waals surface area contributed by atoms with Gasteiger partial charge in [0.25, 0.3) is 5.89 Å². The van der Waals surface area contributed by atoms with Crippen LogP contribution < -0.4 is 5.73 Å². The van der Waals surface area contributed by atoms with E-state index in [0.29, 0.717) is 17.6 Å². The van der Waals surface area contributed by atoms with E-state index in [1.807, 2.05) is 0 Å². The highest BCUT2D eigenvalue weighted by Gasteiger charge is 2.43. The van der Waals surface area contributed by atoms with Crippen molar-refractivity contribution < 1.29 is 13.7 Å². The lowest BCUT2D eigenvalue weighted by Gasteiger charge is -2.13. The van der Waals surface area contributed by atoms with Crippen molar-refractivity contribution in [3.05, 3.63) is 29.8 Å². The van der Waals surface area contributed by atoms with Crippen LogP contribution in [0.25, 0.3) is 11.5 Å². The molecule has 3 unspecified atom stereocenters. The Morgan fingerprint density at radius 1 is 1.30 bits per heavy atom. The molecule has 2 saturated heterocycles. The smallest absolute Gasteiger partial charge is 0.263 e. The van der Waals surface area contributed by atoms with Crippen LogP contribution in [0.3, 0.4) is 0 Å². The molecule has 3 heterocycles. The number of nitrogen functional groups attached to an aromatic ring is 1. The molecule has 0 spiro atoms. The molecule has 0 amide bonds. The van der Waals surface area contributed by atoms with Crippen molar-refractivity contribution in [1.29, 1.82) is 0 Å². The lowest BCUT2D eigenvalue weighted by Crippen LogP contribution is -2.15. The summed E-state index contributed by atoms with van der Waals surface area (Å²) in [5, 5.41) is 3.99. The minimum Gasteiger partial charge on any atom is -0.398 e. The number of ether oxygens (including phenoxy) is 1. The summed E-state index contributed by atoms with van der Waals surface area (Å²) in [7, 11) is 0. The van der Waals surface area contributed by atoms with E-state index in [4.69, 9.17) is 15.0 Å². The number of hydrogen-bond donors (Lipinski definition) is 1. The van der Waals surface area contributed by atoms with Gasteiger partial charge in [-0.05, 0) is 31.4 Å². The summed E-state index contributed by atoms with van der Waals surface area (Å²) in [6, 6.07) is 4.49. The van der Waals surface area contributed by atoms with Gasteiger partial charge in [-0.3, -0.25) is 0 Å². The van der Waals surface area contributed by atoms with Gasteiger partial charge in [0.2, 0.25) is 0 Å². The molecule has 2 aromatic rings. The highest BCUT2D eigenvalue weighted by atomic mass is 19.1. The molecule has 4 rings (SSSR count). The molecule has 2 bridgehead atoms. The normalized spacial score (nSPS) is 28.1. The Balaban J connectivity index is 1.69. The predicted octanol–water partition coefficient (Wildman–Crippen LogP) is 2.49. The van der Waals surface area contributed by atoms with Crippen LogP contribution in [-0.4, -0.2) is 22.3 Å². The first kappa shape index (κ1) is 11.8. The van der Waals surface area contributed by atoms with Gasteiger partial charge in [-0.1, -0.05) is 11.2 Å². The van der Waals surface area contributed by atoms with Crippen LogP contribution in [0.15, 0.2) is 22.7 Å². The van der Waals surface area contributed by atoms with Crippen molar-refractivity contribution in [3.63, 3.8) is 0 Å². The average molecular weight is 275 g/mol. The molecule has 2 N–H and O–H groups in total. The van der Waals surface area contributed by atoms with Gasteiger partial charge in [0, 0.05) is 5.69 Å². The Bertz CT molecular complexity index is 637. The Labute approximate surface area is 114 Å². The SMILES string of the molecule is Nc1cccc(F)c1-c1nc(C2CC3CCC2O3)no1. The Morgan fingerprint density at radius 2 is 2.20 bits per heavy atom. The monoisotopic (exact) mass is 275 g/mol. The van der Waals surface area contributed by atoms with Gasteiger partial charge in [-0.15, -0.1) is 0 Å². The largest absolute Gasteiger partial charge is 0.398 e. The van der Waals surface area contributed by atoms with Gasteiger partial charge in [0.05, 0.1) is 23.7 Å². The number of nitrogens with zero attached hydrogens (tertiary/aromatic N) is 2. The van der Waals surface area contributed by atoms with Gasteiger partial charge in [-0.25, -0.2) is 4.39 Å². The first-order chi connectivity index (χ1) is 9.72. The molecule has 2 fully saturated rings. The minimum atomic E-state index is -0.454. The van der Waals surface area contributed by atoms with Crippen LogP contribution in [0.5, 0.6) is 0 Å². The number of halogens is 1. The second-order valence-corrected chi connectivity index (χ2v) is 5.38. The van der Waals surface area contributed by atoms with Crippen molar-refractivity contribution in [3.8, 4) is 11.5 Å². The van der Waals surface area contributed by atoms with E-state index in [9.17, 15) is 4.39 Å². The molecular formula is C14H14FN3O2. The molecule has 0 radical (unpaired) electrons. The summed E-state index contributed by atoms with van der Waals surface area (Å²) in [4.78, 5) is 4.33. The lowest BCUT2D eigenvalue weighted by atomic mass is 9.89. The molecule has 104 valence electrons. The minimum absolute atomic E-state index is 0.137. The molecule has 0 aliphatic carbocycles. The van der Waals surface area contributed by atoms with Crippen molar-refractivity contribution in [2.45, 2.75) is 37.4 Å². The molecule has 2 aliphatic rings. The summed E-state index contributed by atoms with van der Waals surface area (Å²) in [6.45, 7) is 0. The maximum Gasteiger partial charge on any atom is 0.263 e. The Kier molecular flexibility index (Phi) is 2.53. The number of rotatable bonds is 2. The van der Waals surface area contributed by atoms with E-state index in [1.54, 1.807) is 12.1 Å². The van der Waals surface area contributed by atoms with Crippen molar-refractivity contribution >= 4 is 5.69 Å². The molecule has 5 nitrogen and oxygen atoms in total. The fourth-order valence-corrected chi connectivity index (χ4v) is 3.16. The predicted molar refractivity (Wildman–Crippen MR) is 69.4 cm³/mol. The summed E-state index contributed by atoms with van der Waals surface area (Å²) >= 11 is 0. The zero-order valence-electron chi connectivity index (χ0n) is 10.8. The van der Waals surface area contributed by atoms with Gasteiger partial charge in [-0.2, -0.15) is 4.98 Å². The van der Waals surface area contributed by atoms with Crippen LogP contribution in [0.1, 0.15) is 31.0 Å². The van der Waals surface area contributed by atoms with Crippen LogP contribution in [0, 0.1) is 5.82 Å². The summed E-state index contributed by atoms with van der Waals surface area (Å²) in [5.74, 6) is 0.428. The number of fused-ring (bicyclic) bond motifs is 2. The summed E-state index contributed by atoms with van der Waals surface area (Å²) in [6.07, 6.45) is 3.53. The molecule has 2 aliphatic heterocycles. The highest BCUT2D eigenvalue weighted by Crippen LogP contribution is 2.44. The average Bonchev–Trinajstić information content (AvgIpc) is 3.14. The highest BCUT2D eigenvalue weighted by molar-refractivity contribution is 5.70. The van der Waals surface area contributed by atoms with E-state index in [1.165, 1.54) is 6.07 Å². The van der Waals surface area contributed by atoms with Gasteiger partial charge in [0.15, 0.2) is 5.82 Å². The Morgan fingerprint density at radius 3 is 2.90 bits per heavy atom. The number of aromatic nitrogens is 2.